The van der Waals surface area contributed by atoms with Crippen LogP contribution in [-0.2, 0) is 14.2 Å². The quantitative estimate of drug-likeness (QED) is 0.306. The molecule has 0 spiro atoms. The Morgan fingerprint density at radius 3 is 1.85 bits per heavy atom. The molecular weight excluding hydrogens is 326 g/mol. The van der Waals surface area contributed by atoms with Gasteiger partial charge in [0.25, 0.3) is 0 Å². The van der Waals surface area contributed by atoms with Gasteiger partial charge < -0.3 is 19.5 Å². The highest BCUT2D eigenvalue weighted by Gasteiger charge is 2.53. The molecule has 1 unspecified atom stereocenters. The molecule has 0 fully saturated rings. The fourth-order valence-electron chi connectivity index (χ4n) is 3.90. The number of rotatable bonds is 15. The van der Waals surface area contributed by atoms with E-state index in [9.17, 15) is 0 Å². The van der Waals surface area contributed by atoms with Crippen LogP contribution in [0.5, 0.6) is 0 Å². The zero-order chi connectivity index (χ0) is 19.3. The molecule has 0 amide bonds. The molecule has 1 rings (SSSR count). The van der Waals surface area contributed by atoms with Crippen molar-refractivity contribution in [3.05, 3.63) is 30.3 Å². The number of unbranched alkanes of at least 4 members (excludes halogenated alkanes) is 5. The number of methoxy groups -OCH3 is 3. The Balaban J connectivity index is 3.02. The zero-order valence-electron chi connectivity index (χ0n) is 17.5. The average molecular weight is 366 g/mol. The lowest BCUT2D eigenvalue weighted by Gasteiger charge is -2.48. The van der Waals surface area contributed by atoms with Crippen LogP contribution in [0.3, 0.4) is 0 Å². The monoisotopic (exact) mass is 365 g/mol. The highest BCUT2D eigenvalue weighted by Crippen LogP contribution is 2.39. The highest BCUT2D eigenvalue weighted by molar-refractivity contribution is 5.46. The summed E-state index contributed by atoms with van der Waals surface area (Å²) in [6.45, 7) is 4.44. The molecule has 26 heavy (non-hydrogen) atoms. The standard InChI is InChI=1S/C22H39NO3/c1-6-8-9-10-11-15-19-21(18-7-2,22(24-3,25-4)26-5)23-20-16-13-12-14-17-20/h12-14,16-17,23H,6-11,15,18-19H2,1-5H3. The molecule has 1 aromatic rings. The zero-order valence-corrected chi connectivity index (χ0v) is 17.5. The van der Waals surface area contributed by atoms with Gasteiger partial charge in [0, 0.05) is 27.0 Å². The van der Waals surface area contributed by atoms with Crippen molar-refractivity contribution >= 4 is 5.69 Å². The predicted molar refractivity (Wildman–Crippen MR) is 109 cm³/mol. The first-order chi connectivity index (χ1) is 12.6. The van der Waals surface area contributed by atoms with Crippen molar-refractivity contribution in [2.75, 3.05) is 26.6 Å². The Bertz CT molecular complexity index is 453. The summed E-state index contributed by atoms with van der Waals surface area (Å²) in [7, 11) is 4.97. The van der Waals surface area contributed by atoms with E-state index in [2.05, 4.69) is 31.3 Å². The van der Waals surface area contributed by atoms with Crippen LogP contribution in [0.4, 0.5) is 5.69 Å². The van der Waals surface area contributed by atoms with Gasteiger partial charge in [-0.2, -0.15) is 0 Å². The Hall–Kier alpha value is -1.10. The second-order valence-electron chi connectivity index (χ2n) is 7.01. The second-order valence-corrected chi connectivity index (χ2v) is 7.01. The van der Waals surface area contributed by atoms with Crippen LogP contribution in [-0.4, -0.2) is 32.8 Å². The first kappa shape index (κ1) is 22.9. The van der Waals surface area contributed by atoms with Crippen LogP contribution in [0.1, 0.15) is 71.6 Å². The number of hydrogen-bond donors (Lipinski definition) is 1. The summed E-state index contributed by atoms with van der Waals surface area (Å²) in [6.07, 6.45) is 10.3. The minimum absolute atomic E-state index is 0.452. The molecule has 1 atom stereocenters. The van der Waals surface area contributed by atoms with Gasteiger partial charge >= 0.3 is 5.97 Å². The Kier molecular flexibility index (Phi) is 10.9. The number of anilines is 1. The molecular formula is C22H39NO3. The van der Waals surface area contributed by atoms with Crippen molar-refractivity contribution in [1.82, 2.24) is 0 Å². The number of ether oxygens (including phenoxy) is 3. The Labute approximate surface area is 160 Å². The molecule has 0 heterocycles. The van der Waals surface area contributed by atoms with Gasteiger partial charge in [0.15, 0.2) is 0 Å². The number of para-hydroxylation sites is 1. The molecule has 0 radical (unpaired) electrons. The van der Waals surface area contributed by atoms with Crippen molar-refractivity contribution in [2.24, 2.45) is 0 Å². The largest absolute Gasteiger partial charge is 0.372 e. The maximum absolute atomic E-state index is 5.82. The van der Waals surface area contributed by atoms with Crippen molar-refractivity contribution in [1.29, 1.82) is 0 Å². The fraction of sp³-hybridized carbons (Fsp3) is 0.727. The van der Waals surface area contributed by atoms with Gasteiger partial charge in [0.05, 0.1) is 0 Å². The Morgan fingerprint density at radius 2 is 1.31 bits per heavy atom. The summed E-state index contributed by atoms with van der Waals surface area (Å²) in [5.41, 5.74) is 0.606. The molecule has 0 bridgehead atoms. The summed E-state index contributed by atoms with van der Waals surface area (Å²) in [5, 5.41) is 3.71. The third kappa shape index (κ3) is 5.97. The lowest BCUT2D eigenvalue weighted by molar-refractivity contribution is -0.381. The molecule has 1 aromatic carbocycles. The Morgan fingerprint density at radius 1 is 0.731 bits per heavy atom. The van der Waals surface area contributed by atoms with Gasteiger partial charge in [-0.15, -0.1) is 0 Å². The molecule has 4 nitrogen and oxygen atoms in total. The molecule has 0 aromatic heterocycles. The number of benzene rings is 1. The van der Waals surface area contributed by atoms with Gasteiger partial charge in [0.1, 0.15) is 5.54 Å². The van der Waals surface area contributed by atoms with E-state index in [4.69, 9.17) is 14.2 Å². The van der Waals surface area contributed by atoms with Crippen molar-refractivity contribution in [3.8, 4) is 0 Å². The molecule has 0 aliphatic heterocycles. The van der Waals surface area contributed by atoms with Crippen molar-refractivity contribution < 1.29 is 14.2 Å². The number of nitrogens with one attached hydrogen (secondary N) is 1. The van der Waals surface area contributed by atoms with Gasteiger partial charge in [-0.25, -0.2) is 0 Å². The van der Waals surface area contributed by atoms with Crippen LogP contribution < -0.4 is 5.32 Å². The van der Waals surface area contributed by atoms with Gasteiger partial charge in [0.2, 0.25) is 0 Å². The fourth-order valence-corrected chi connectivity index (χ4v) is 3.90. The third-order valence-electron chi connectivity index (χ3n) is 5.18. The maximum atomic E-state index is 5.82. The van der Waals surface area contributed by atoms with E-state index in [1.54, 1.807) is 21.3 Å². The minimum atomic E-state index is -1.12. The first-order valence-electron chi connectivity index (χ1n) is 10.1. The van der Waals surface area contributed by atoms with Gasteiger partial charge in [-0.3, -0.25) is 0 Å². The lowest BCUT2D eigenvalue weighted by atomic mass is 9.83. The first-order valence-corrected chi connectivity index (χ1v) is 10.1. The van der Waals surface area contributed by atoms with Crippen LogP contribution in [0.2, 0.25) is 0 Å². The maximum Gasteiger partial charge on any atom is 0.306 e. The topological polar surface area (TPSA) is 39.7 Å². The summed E-state index contributed by atoms with van der Waals surface area (Å²) < 4.78 is 17.4. The smallest absolute Gasteiger partial charge is 0.306 e. The van der Waals surface area contributed by atoms with Crippen LogP contribution in [0.25, 0.3) is 0 Å². The van der Waals surface area contributed by atoms with Crippen molar-refractivity contribution in [3.63, 3.8) is 0 Å². The van der Waals surface area contributed by atoms with E-state index in [0.29, 0.717) is 0 Å². The lowest BCUT2D eigenvalue weighted by Crippen LogP contribution is -2.62. The molecule has 0 saturated carbocycles. The second kappa shape index (κ2) is 12.3. The third-order valence-corrected chi connectivity index (χ3v) is 5.18. The number of hydrogen-bond acceptors (Lipinski definition) is 4. The predicted octanol–water partition coefficient (Wildman–Crippen LogP) is 5.98. The minimum Gasteiger partial charge on any atom is -0.372 e. The SMILES string of the molecule is CCCCCCCCC(CCC)(Nc1ccccc1)C(OC)(OC)OC. The molecule has 4 heteroatoms. The van der Waals surface area contributed by atoms with E-state index in [0.717, 1.165) is 31.4 Å². The normalized spacial score (nSPS) is 14.2. The van der Waals surface area contributed by atoms with E-state index < -0.39 is 11.5 Å². The average Bonchev–Trinajstić information content (AvgIpc) is 2.67. The van der Waals surface area contributed by atoms with Crippen LogP contribution in [0, 0.1) is 0 Å². The molecule has 0 aliphatic rings. The van der Waals surface area contributed by atoms with E-state index in [-0.39, 0.29) is 0 Å². The van der Waals surface area contributed by atoms with E-state index in [1.165, 1.54) is 32.1 Å². The van der Waals surface area contributed by atoms with E-state index >= 15 is 0 Å². The molecule has 150 valence electrons. The summed E-state index contributed by atoms with van der Waals surface area (Å²) >= 11 is 0. The van der Waals surface area contributed by atoms with Crippen molar-refractivity contribution in [2.45, 2.75) is 83.1 Å². The molecule has 1 N–H and O–H groups in total. The summed E-state index contributed by atoms with van der Waals surface area (Å²) in [4.78, 5) is 0. The van der Waals surface area contributed by atoms with Gasteiger partial charge in [-0.1, -0.05) is 77.0 Å². The molecule has 0 aliphatic carbocycles. The van der Waals surface area contributed by atoms with Crippen LogP contribution >= 0.6 is 0 Å². The van der Waals surface area contributed by atoms with E-state index in [1.807, 2.05) is 18.2 Å². The van der Waals surface area contributed by atoms with Crippen LogP contribution in [0.15, 0.2) is 30.3 Å². The summed E-state index contributed by atoms with van der Waals surface area (Å²) in [6, 6.07) is 10.3. The molecule has 0 saturated heterocycles. The highest BCUT2D eigenvalue weighted by atomic mass is 16.9. The summed E-state index contributed by atoms with van der Waals surface area (Å²) in [5.74, 6) is -1.12. The van der Waals surface area contributed by atoms with Gasteiger partial charge in [-0.05, 0) is 25.0 Å².